The molecule has 3 aromatic rings. The molecule has 0 fully saturated rings. The number of carbonyl (C=O) groups excluding carboxylic acids is 3. The summed E-state index contributed by atoms with van der Waals surface area (Å²) in [7, 11) is 0. The molecule has 11 heteroatoms. The van der Waals surface area contributed by atoms with Gasteiger partial charge in [0.1, 0.15) is 10.7 Å². The maximum absolute atomic E-state index is 13.0. The minimum absolute atomic E-state index is 0.0186. The van der Waals surface area contributed by atoms with Crippen LogP contribution < -0.4 is 15.5 Å². The maximum Gasteiger partial charge on any atom is 0.283 e. The molecule has 37 heavy (non-hydrogen) atoms. The minimum Gasteiger partial charge on any atom is -0.350 e. The van der Waals surface area contributed by atoms with E-state index in [0.29, 0.717) is 33.2 Å². The van der Waals surface area contributed by atoms with Crippen LogP contribution in [0.5, 0.6) is 0 Å². The Kier molecular flexibility index (Phi) is 7.28. The Balaban J connectivity index is 1.42. The zero-order valence-electron chi connectivity index (χ0n) is 19.7. The van der Waals surface area contributed by atoms with Crippen LogP contribution in [0, 0.1) is 24.0 Å². The van der Waals surface area contributed by atoms with Crippen LogP contribution in [0.15, 0.2) is 71.4 Å². The van der Waals surface area contributed by atoms with Crippen molar-refractivity contribution in [2.24, 2.45) is 0 Å². The first-order valence-corrected chi connectivity index (χ1v) is 11.8. The molecule has 9 nitrogen and oxygen atoms in total. The van der Waals surface area contributed by atoms with Gasteiger partial charge >= 0.3 is 0 Å². The highest BCUT2D eigenvalue weighted by Crippen LogP contribution is 2.32. The van der Waals surface area contributed by atoms with E-state index in [0.717, 1.165) is 10.5 Å². The second-order valence-corrected chi connectivity index (χ2v) is 9.16. The normalized spacial score (nSPS) is 13.2. The van der Waals surface area contributed by atoms with Gasteiger partial charge in [-0.05, 0) is 55.3 Å². The summed E-state index contributed by atoms with van der Waals surface area (Å²) in [6.07, 6.45) is 0.0186. The molecule has 1 aliphatic rings. The third-order valence-electron chi connectivity index (χ3n) is 5.72. The van der Waals surface area contributed by atoms with Gasteiger partial charge in [0, 0.05) is 28.0 Å². The SMILES string of the molecule is Cc1ccc(N2C(=O)C(Cl)=C(Nc3ccc(CC(=O)Nc4ccc(C)c([N+](=O)[O-])c4)cc3)C2=O)cc1Cl. The Morgan fingerprint density at radius 2 is 1.57 bits per heavy atom. The molecule has 3 aromatic carbocycles. The number of nitrogens with zero attached hydrogens (tertiary/aromatic N) is 2. The van der Waals surface area contributed by atoms with Crippen LogP contribution in [-0.4, -0.2) is 22.6 Å². The van der Waals surface area contributed by atoms with E-state index in [-0.39, 0.29) is 28.7 Å². The molecule has 0 unspecified atom stereocenters. The van der Waals surface area contributed by atoms with Gasteiger partial charge in [0.05, 0.1) is 17.0 Å². The average molecular weight is 539 g/mol. The number of hydrogen-bond acceptors (Lipinski definition) is 6. The zero-order chi connectivity index (χ0) is 26.9. The first-order chi connectivity index (χ1) is 17.5. The molecule has 1 aliphatic heterocycles. The number of amides is 3. The number of anilines is 3. The largest absolute Gasteiger partial charge is 0.350 e. The Morgan fingerprint density at radius 3 is 2.22 bits per heavy atom. The summed E-state index contributed by atoms with van der Waals surface area (Å²) in [5.41, 5.74) is 2.92. The number of nitro benzene ring substituents is 1. The van der Waals surface area contributed by atoms with E-state index >= 15 is 0 Å². The lowest BCUT2D eigenvalue weighted by molar-refractivity contribution is -0.385. The summed E-state index contributed by atoms with van der Waals surface area (Å²) in [4.78, 5) is 49.6. The second kappa shape index (κ2) is 10.4. The van der Waals surface area contributed by atoms with Gasteiger partial charge in [0.15, 0.2) is 0 Å². The van der Waals surface area contributed by atoms with Crippen molar-refractivity contribution in [1.82, 2.24) is 0 Å². The molecule has 4 rings (SSSR count). The summed E-state index contributed by atoms with van der Waals surface area (Å²) < 4.78 is 0. The minimum atomic E-state index is -0.668. The number of rotatable bonds is 7. The van der Waals surface area contributed by atoms with Gasteiger partial charge in [-0.1, -0.05) is 47.5 Å². The van der Waals surface area contributed by atoms with Crippen molar-refractivity contribution in [3.63, 3.8) is 0 Å². The smallest absolute Gasteiger partial charge is 0.283 e. The molecule has 0 spiro atoms. The quantitative estimate of drug-likeness (QED) is 0.233. The van der Waals surface area contributed by atoms with Crippen molar-refractivity contribution >= 4 is 63.7 Å². The monoisotopic (exact) mass is 538 g/mol. The van der Waals surface area contributed by atoms with Crippen molar-refractivity contribution in [2.45, 2.75) is 20.3 Å². The molecule has 3 amide bonds. The third-order valence-corrected chi connectivity index (χ3v) is 6.48. The van der Waals surface area contributed by atoms with E-state index in [9.17, 15) is 24.5 Å². The highest BCUT2D eigenvalue weighted by Gasteiger charge is 2.39. The van der Waals surface area contributed by atoms with Gasteiger partial charge in [-0.15, -0.1) is 0 Å². The van der Waals surface area contributed by atoms with E-state index in [1.807, 2.05) is 0 Å². The standard InChI is InChI=1S/C26H20Cl2N4O5/c1-14-4-10-19(13-20(14)27)31-25(34)23(28)24(26(31)35)30-17-8-5-16(6-9-17)11-22(33)29-18-7-3-15(2)21(12-18)32(36)37/h3-10,12-13,30H,11H2,1-2H3,(H,29,33). The fourth-order valence-electron chi connectivity index (χ4n) is 3.69. The molecule has 188 valence electrons. The Hall–Kier alpha value is -4.21. The number of hydrogen-bond donors (Lipinski definition) is 2. The van der Waals surface area contributed by atoms with Crippen LogP contribution in [0.2, 0.25) is 5.02 Å². The van der Waals surface area contributed by atoms with E-state index in [1.54, 1.807) is 62.4 Å². The number of aryl methyl sites for hydroxylation is 2. The number of nitro groups is 1. The molecular weight excluding hydrogens is 519 g/mol. The van der Waals surface area contributed by atoms with Crippen LogP contribution >= 0.6 is 23.2 Å². The molecule has 0 aliphatic carbocycles. The van der Waals surface area contributed by atoms with Gasteiger partial charge < -0.3 is 10.6 Å². The summed E-state index contributed by atoms with van der Waals surface area (Å²) in [5.74, 6) is -1.64. The fraction of sp³-hybridized carbons (Fsp3) is 0.115. The van der Waals surface area contributed by atoms with E-state index < -0.39 is 16.7 Å². The lowest BCUT2D eigenvalue weighted by Gasteiger charge is -2.16. The van der Waals surface area contributed by atoms with Gasteiger partial charge in [0.25, 0.3) is 17.5 Å². The molecule has 0 bridgehead atoms. The molecule has 0 radical (unpaired) electrons. The molecule has 1 heterocycles. The zero-order valence-corrected chi connectivity index (χ0v) is 21.2. The van der Waals surface area contributed by atoms with Crippen molar-refractivity contribution in [1.29, 1.82) is 0 Å². The Morgan fingerprint density at radius 1 is 0.919 bits per heavy atom. The van der Waals surface area contributed by atoms with Crippen molar-refractivity contribution < 1.29 is 19.3 Å². The topological polar surface area (TPSA) is 122 Å². The number of halogens is 2. The number of nitrogens with one attached hydrogen (secondary N) is 2. The molecule has 0 saturated carbocycles. The summed E-state index contributed by atoms with van der Waals surface area (Å²) in [6.45, 7) is 3.42. The lowest BCUT2D eigenvalue weighted by Crippen LogP contribution is -2.32. The van der Waals surface area contributed by atoms with Crippen molar-refractivity contribution in [3.8, 4) is 0 Å². The van der Waals surface area contributed by atoms with Crippen molar-refractivity contribution in [2.75, 3.05) is 15.5 Å². The van der Waals surface area contributed by atoms with Gasteiger partial charge in [-0.25, -0.2) is 4.90 Å². The number of carbonyl (C=O) groups is 3. The second-order valence-electron chi connectivity index (χ2n) is 8.37. The predicted molar refractivity (Wildman–Crippen MR) is 142 cm³/mol. The Bertz CT molecular complexity index is 1480. The molecule has 0 atom stereocenters. The lowest BCUT2D eigenvalue weighted by atomic mass is 10.1. The summed E-state index contributed by atoms with van der Waals surface area (Å²) >= 11 is 12.3. The van der Waals surface area contributed by atoms with Gasteiger partial charge in [-0.3, -0.25) is 24.5 Å². The highest BCUT2D eigenvalue weighted by atomic mass is 35.5. The molecule has 2 N–H and O–H groups in total. The third kappa shape index (κ3) is 5.47. The first kappa shape index (κ1) is 25.9. The predicted octanol–water partition coefficient (Wildman–Crippen LogP) is 5.48. The summed E-state index contributed by atoms with van der Waals surface area (Å²) in [6, 6.07) is 15.9. The highest BCUT2D eigenvalue weighted by molar-refractivity contribution is 6.53. The fourth-order valence-corrected chi connectivity index (χ4v) is 4.08. The maximum atomic E-state index is 13.0. The van der Waals surface area contributed by atoms with Gasteiger partial charge in [0.2, 0.25) is 5.91 Å². The number of imide groups is 1. The van der Waals surface area contributed by atoms with Gasteiger partial charge in [-0.2, -0.15) is 0 Å². The molecule has 0 saturated heterocycles. The van der Waals surface area contributed by atoms with E-state index in [2.05, 4.69) is 10.6 Å². The molecular formula is C26H20Cl2N4O5. The molecule has 0 aromatic heterocycles. The van der Waals surface area contributed by atoms with Crippen LogP contribution in [0.3, 0.4) is 0 Å². The first-order valence-electron chi connectivity index (χ1n) is 11.0. The van der Waals surface area contributed by atoms with Crippen LogP contribution in [-0.2, 0) is 20.8 Å². The van der Waals surface area contributed by atoms with Crippen molar-refractivity contribution in [3.05, 3.63) is 103 Å². The van der Waals surface area contributed by atoms with Crippen LogP contribution in [0.4, 0.5) is 22.7 Å². The van der Waals surface area contributed by atoms with Crippen LogP contribution in [0.25, 0.3) is 0 Å². The van der Waals surface area contributed by atoms with Crippen LogP contribution in [0.1, 0.15) is 16.7 Å². The average Bonchev–Trinajstić information content (AvgIpc) is 3.06. The van der Waals surface area contributed by atoms with E-state index in [4.69, 9.17) is 23.2 Å². The number of benzene rings is 3. The summed E-state index contributed by atoms with van der Waals surface area (Å²) in [5, 5.41) is 16.8. The van der Waals surface area contributed by atoms with E-state index in [1.165, 1.54) is 12.1 Å². The Labute approximate surface area is 221 Å².